The molecule has 0 fully saturated rings. The second-order valence-corrected chi connectivity index (χ2v) is 11.0. The molecule has 0 spiro atoms. The zero-order valence-electron chi connectivity index (χ0n) is 20.4. The third kappa shape index (κ3) is 3.40. The van der Waals surface area contributed by atoms with Gasteiger partial charge in [0.2, 0.25) is 0 Å². The molecular formula is C32H31NO. The molecule has 0 saturated carbocycles. The monoisotopic (exact) mass is 445 g/mol. The van der Waals surface area contributed by atoms with Crippen molar-refractivity contribution in [3.05, 3.63) is 96.1 Å². The molecule has 0 atom stereocenters. The van der Waals surface area contributed by atoms with Crippen LogP contribution in [0, 0.1) is 0 Å². The van der Waals surface area contributed by atoms with Crippen molar-refractivity contribution in [3.63, 3.8) is 0 Å². The van der Waals surface area contributed by atoms with Gasteiger partial charge in [-0.15, -0.1) is 0 Å². The first-order chi connectivity index (χ1) is 16.3. The maximum atomic E-state index is 6.43. The van der Waals surface area contributed by atoms with Gasteiger partial charge in [0, 0.05) is 33.8 Å². The minimum absolute atomic E-state index is 0.173. The van der Waals surface area contributed by atoms with E-state index in [4.69, 9.17) is 4.42 Å². The van der Waals surface area contributed by atoms with Gasteiger partial charge in [-0.3, -0.25) is 0 Å². The van der Waals surface area contributed by atoms with Gasteiger partial charge in [-0.25, -0.2) is 0 Å². The molecule has 0 radical (unpaired) electrons. The molecule has 0 amide bonds. The Labute approximate surface area is 201 Å². The van der Waals surface area contributed by atoms with Gasteiger partial charge in [0.1, 0.15) is 11.2 Å². The van der Waals surface area contributed by atoms with E-state index in [0.717, 1.165) is 22.5 Å². The number of benzene rings is 4. The number of fused-ring (bicyclic) bond motifs is 4. The minimum atomic E-state index is 0.173. The lowest BCUT2D eigenvalue weighted by atomic mass is 9.63. The highest BCUT2D eigenvalue weighted by Gasteiger charge is 2.37. The van der Waals surface area contributed by atoms with Crippen LogP contribution in [-0.4, -0.2) is 0 Å². The summed E-state index contributed by atoms with van der Waals surface area (Å²) in [6.07, 6.45) is 2.41. The van der Waals surface area contributed by atoms with Gasteiger partial charge < -0.3 is 9.73 Å². The van der Waals surface area contributed by atoms with Crippen LogP contribution >= 0.6 is 0 Å². The molecule has 2 nitrogen and oxygen atoms in total. The normalized spacial score (nSPS) is 16.5. The van der Waals surface area contributed by atoms with Crippen LogP contribution < -0.4 is 5.32 Å². The summed E-state index contributed by atoms with van der Waals surface area (Å²) in [4.78, 5) is 0. The summed E-state index contributed by atoms with van der Waals surface area (Å²) >= 11 is 0. The van der Waals surface area contributed by atoms with Crippen LogP contribution in [-0.2, 0) is 10.8 Å². The molecule has 0 aliphatic heterocycles. The van der Waals surface area contributed by atoms with E-state index < -0.39 is 0 Å². The van der Waals surface area contributed by atoms with Gasteiger partial charge in [0.25, 0.3) is 0 Å². The molecule has 2 heteroatoms. The van der Waals surface area contributed by atoms with Crippen molar-refractivity contribution in [2.75, 3.05) is 5.32 Å². The van der Waals surface area contributed by atoms with Crippen LogP contribution in [0.25, 0.3) is 33.1 Å². The molecular weight excluding hydrogens is 414 g/mol. The van der Waals surface area contributed by atoms with E-state index in [-0.39, 0.29) is 10.8 Å². The molecule has 170 valence electrons. The molecule has 1 aliphatic rings. The highest BCUT2D eigenvalue weighted by atomic mass is 16.3. The third-order valence-electron chi connectivity index (χ3n) is 7.74. The van der Waals surface area contributed by atoms with Crippen LogP contribution in [0.2, 0.25) is 0 Å². The van der Waals surface area contributed by atoms with E-state index in [1.54, 1.807) is 0 Å². The van der Waals surface area contributed by atoms with Gasteiger partial charge >= 0.3 is 0 Å². The zero-order chi connectivity index (χ0) is 23.5. The van der Waals surface area contributed by atoms with Crippen LogP contribution in [0.3, 0.4) is 0 Å². The molecule has 34 heavy (non-hydrogen) atoms. The molecule has 4 aromatic carbocycles. The van der Waals surface area contributed by atoms with Crippen molar-refractivity contribution < 1.29 is 4.42 Å². The van der Waals surface area contributed by atoms with Gasteiger partial charge in [0.15, 0.2) is 0 Å². The van der Waals surface area contributed by atoms with Crippen molar-refractivity contribution in [2.24, 2.45) is 0 Å². The number of rotatable bonds is 3. The highest BCUT2D eigenvalue weighted by Crippen LogP contribution is 2.48. The molecule has 1 N–H and O–H groups in total. The third-order valence-corrected chi connectivity index (χ3v) is 7.74. The van der Waals surface area contributed by atoms with E-state index in [1.807, 2.05) is 0 Å². The first kappa shape index (κ1) is 21.0. The van der Waals surface area contributed by atoms with Crippen molar-refractivity contribution in [3.8, 4) is 11.1 Å². The zero-order valence-corrected chi connectivity index (χ0v) is 20.4. The number of hydrogen-bond acceptors (Lipinski definition) is 2. The quantitative estimate of drug-likeness (QED) is 0.299. The number of furan rings is 1. The summed E-state index contributed by atoms with van der Waals surface area (Å²) in [5.74, 6) is 0. The summed E-state index contributed by atoms with van der Waals surface area (Å²) in [6, 6.07) is 30.1. The van der Waals surface area contributed by atoms with E-state index in [0.29, 0.717) is 0 Å². The Morgan fingerprint density at radius 1 is 0.647 bits per heavy atom. The summed E-state index contributed by atoms with van der Waals surface area (Å²) in [5.41, 5.74) is 9.68. The maximum Gasteiger partial charge on any atom is 0.137 e. The first-order valence-corrected chi connectivity index (χ1v) is 12.2. The van der Waals surface area contributed by atoms with Gasteiger partial charge in [0.05, 0.1) is 0 Å². The topological polar surface area (TPSA) is 25.2 Å². The van der Waals surface area contributed by atoms with E-state index in [9.17, 15) is 0 Å². The second kappa shape index (κ2) is 7.50. The Balaban J connectivity index is 1.44. The molecule has 0 unspecified atom stereocenters. The molecule has 1 aromatic heterocycles. The average molecular weight is 446 g/mol. The van der Waals surface area contributed by atoms with E-state index >= 15 is 0 Å². The second-order valence-electron chi connectivity index (χ2n) is 11.0. The minimum Gasteiger partial charge on any atom is -0.456 e. The summed E-state index contributed by atoms with van der Waals surface area (Å²) in [7, 11) is 0. The highest BCUT2D eigenvalue weighted by molar-refractivity contribution is 6.06. The largest absolute Gasteiger partial charge is 0.456 e. The summed E-state index contributed by atoms with van der Waals surface area (Å²) in [5, 5.41) is 6.03. The predicted octanol–water partition coefficient (Wildman–Crippen LogP) is 9.35. The Hall–Kier alpha value is -3.52. The SMILES string of the molecule is CC1(C)CCC(C)(C)c2cc3c(cc21)oc1cc(Nc2ccccc2-c2ccccc2)ccc13. The Morgan fingerprint density at radius 2 is 1.29 bits per heavy atom. The predicted molar refractivity (Wildman–Crippen MR) is 144 cm³/mol. The Bertz CT molecular complexity index is 1520. The first-order valence-electron chi connectivity index (χ1n) is 12.2. The van der Waals surface area contributed by atoms with Crippen LogP contribution in [0.5, 0.6) is 0 Å². The van der Waals surface area contributed by atoms with Crippen molar-refractivity contribution in [1.29, 1.82) is 0 Å². The Kier molecular flexibility index (Phi) is 4.64. The van der Waals surface area contributed by atoms with Crippen molar-refractivity contribution in [2.45, 2.75) is 51.4 Å². The van der Waals surface area contributed by atoms with Gasteiger partial charge in [-0.1, -0.05) is 76.2 Å². The smallest absolute Gasteiger partial charge is 0.137 e. The summed E-state index contributed by atoms with van der Waals surface area (Å²) in [6.45, 7) is 9.48. The number of para-hydroxylation sites is 1. The van der Waals surface area contributed by atoms with E-state index in [2.05, 4.69) is 118 Å². The fraction of sp³-hybridized carbons (Fsp3) is 0.250. The maximum absolute atomic E-state index is 6.43. The van der Waals surface area contributed by atoms with Gasteiger partial charge in [-0.2, -0.15) is 0 Å². The van der Waals surface area contributed by atoms with Crippen LogP contribution in [0.15, 0.2) is 89.3 Å². The summed E-state index contributed by atoms with van der Waals surface area (Å²) < 4.78 is 6.43. The molecule has 0 bridgehead atoms. The van der Waals surface area contributed by atoms with Crippen LogP contribution in [0.1, 0.15) is 51.7 Å². The average Bonchev–Trinajstić information content (AvgIpc) is 3.19. The van der Waals surface area contributed by atoms with Crippen LogP contribution in [0.4, 0.5) is 11.4 Å². The Morgan fingerprint density at radius 3 is 2.06 bits per heavy atom. The standard InChI is InChI=1S/C32H31NO/c1-31(2)16-17-32(3,4)27-20-30-25(19-26(27)31)24-15-14-22(18-29(24)34-30)33-28-13-9-8-12-23(28)21-10-6-5-7-11-21/h5-15,18-20,33H,16-17H2,1-4H3. The number of nitrogens with one attached hydrogen (secondary N) is 1. The fourth-order valence-electron chi connectivity index (χ4n) is 5.53. The number of anilines is 2. The number of hydrogen-bond donors (Lipinski definition) is 1. The fourth-order valence-corrected chi connectivity index (χ4v) is 5.53. The molecule has 1 heterocycles. The molecule has 6 rings (SSSR count). The molecule has 1 aliphatic carbocycles. The molecule has 5 aromatic rings. The lowest BCUT2D eigenvalue weighted by Crippen LogP contribution is -2.33. The van der Waals surface area contributed by atoms with E-state index in [1.165, 1.54) is 45.9 Å². The lowest BCUT2D eigenvalue weighted by molar-refractivity contribution is 0.332. The van der Waals surface area contributed by atoms with Crippen molar-refractivity contribution >= 4 is 33.3 Å². The van der Waals surface area contributed by atoms with Gasteiger partial charge in [-0.05, 0) is 70.7 Å². The lowest BCUT2D eigenvalue weighted by Gasteiger charge is -2.41. The van der Waals surface area contributed by atoms with Crippen molar-refractivity contribution in [1.82, 2.24) is 0 Å². The molecule has 0 saturated heterocycles.